The number of ether oxygens (including phenoxy) is 1. The fourth-order valence-corrected chi connectivity index (χ4v) is 2.77. The molecule has 3 N–H and O–H groups in total. The minimum atomic E-state index is -0.562. The summed E-state index contributed by atoms with van der Waals surface area (Å²) in [6.45, 7) is 4.62. The average molecular weight is 396 g/mol. The van der Waals surface area contributed by atoms with Gasteiger partial charge in [0.15, 0.2) is 5.78 Å². The zero-order valence-corrected chi connectivity index (χ0v) is 17.0. The lowest BCUT2D eigenvalue weighted by atomic mass is 10.1. The van der Waals surface area contributed by atoms with Crippen molar-refractivity contribution in [2.75, 3.05) is 11.9 Å². The molecule has 0 atom stereocenters. The smallest absolute Gasteiger partial charge is 0.248 e. The van der Waals surface area contributed by atoms with Gasteiger partial charge in [-0.25, -0.2) is 0 Å². The normalized spacial score (nSPS) is 10.4. The number of hydrogen-bond acceptors (Lipinski definition) is 4. The van der Waals surface area contributed by atoms with E-state index in [-0.39, 0.29) is 24.5 Å². The van der Waals surface area contributed by atoms with Gasteiger partial charge in [0.1, 0.15) is 5.75 Å². The first-order valence-electron chi connectivity index (χ1n) is 9.87. The van der Waals surface area contributed by atoms with Crippen LogP contribution in [0.5, 0.6) is 5.75 Å². The molecule has 0 aromatic heterocycles. The molecule has 154 valence electrons. The molecular weight excluding hydrogens is 368 g/mol. The molecule has 6 heteroatoms. The van der Waals surface area contributed by atoms with E-state index in [1.807, 2.05) is 6.92 Å². The summed E-state index contributed by atoms with van der Waals surface area (Å²) >= 11 is 0. The van der Waals surface area contributed by atoms with Crippen LogP contribution in [0.1, 0.15) is 65.3 Å². The molecule has 29 heavy (non-hydrogen) atoms. The van der Waals surface area contributed by atoms with Crippen molar-refractivity contribution in [1.29, 1.82) is 0 Å². The summed E-state index contributed by atoms with van der Waals surface area (Å²) < 4.78 is 5.64. The lowest BCUT2D eigenvalue weighted by Crippen LogP contribution is -2.16. The van der Waals surface area contributed by atoms with Crippen LogP contribution in [0.3, 0.4) is 0 Å². The number of ketones is 1. The quantitative estimate of drug-likeness (QED) is 0.438. The second-order valence-electron chi connectivity index (χ2n) is 6.95. The summed E-state index contributed by atoms with van der Waals surface area (Å²) in [5.74, 6) is -0.229. The Morgan fingerprint density at radius 2 is 1.66 bits per heavy atom. The van der Waals surface area contributed by atoms with E-state index in [1.165, 1.54) is 6.07 Å². The molecule has 0 aliphatic heterocycles. The van der Waals surface area contributed by atoms with Crippen LogP contribution >= 0.6 is 0 Å². The van der Waals surface area contributed by atoms with Crippen LogP contribution < -0.4 is 15.8 Å². The zero-order valence-electron chi connectivity index (χ0n) is 17.0. The molecule has 0 bridgehead atoms. The summed E-state index contributed by atoms with van der Waals surface area (Å²) in [6, 6.07) is 11.8. The standard InChI is InChI=1S/C23H28N2O4/c1-3-4-5-14-29-19-10-8-17(9-11-19)21(26)12-13-22(27)25-20-15-18(23(24)28)7-6-16(20)2/h6-11,15H,3-5,12-14H2,1-2H3,(H2,24,28)(H,25,27). The number of anilines is 1. The van der Waals surface area contributed by atoms with E-state index in [0.717, 1.165) is 30.6 Å². The number of carbonyl (C=O) groups excluding carboxylic acids is 3. The maximum absolute atomic E-state index is 12.3. The van der Waals surface area contributed by atoms with Crippen LogP contribution in [0.2, 0.25) is 0 Å². The third-order valence-electron chi connectivity index (χ3n) is 4.57. The maximum Gasteiger partial charge on any atom is 0.248 e. The molecule has 0 radical (unpaired) electrons. The van der Waals surface area contributed by atoms with E-state index in [2.05, 4.69) is 12.2 Å². The molecule has 2 rings (SSSR count). The monoisotopic (exact) mass is 396 g/mol. The number of amides is 2. The molecule has 2 aromatic rings. The molecule has 0 heterocycles. The minimum Gasteiger partial charge on any atom is -0.494 e. The Kier molecular flexibility index (Phi) is 8.40. The van der Waals surface area contributed by atoms with Crippen LogP contribution in [0.4, 0.5) is 5.69 Å². The van der Waals surface area contributed by atoms with Gasteiger partial charge in [0.25, 0.3) is 0 Å². The lowest BCUT2D eigenvalue weighted by Gasteiger charge is -2.10. The SMILES string of the molecule is CCCCCOc1ccc(C(=O)CCC(=O)Nc2cc(C(N)=O)ccc2C)cc1. The Morgan fingerprint density at radius 3 is 2.31 bits per heavy atom. The van der Waals surface area contributed by atoms with Crippen molar-refractivity contribution >= 4 is 23.3 Å². The van der Waals surface area contributed by atoms with Gasteiger partial charge in [-0.2, -0.15) is 0 Å². The van der Waals surface area contributed by atoms with E-state index >= 15 is 0 Å². The van der Waals surface area contributed by atoms with E-state index in [1.54, 1.807) is 36.4 Å². The summed E-state index contributed by atoms with van der Waals surface area (Å²) in [4.78, 5) is 35.8. The van der Waals surface area contributed by atoms with E-state index in [4.69, 9.17) is 10.5 Å². The van der Waals surface area contributed by atoms with Crippen LogP contribution in [0, 0.1) is 6.92 Å². The summed E-state index contributed by atoms with van der Waals surface area (Å²) in [6.07, 6.45) is 3.42. The van der Waals surface area contributed by atoms with Gasteiger partial charge in [0.05, 0.1) is 6.61 Å². The number of aryl methyl sites for hydroxylation is 1. The van der Waals surface area contributed by atoms with Crippen molar-refractivity contribution in [2.45, 2.75) is 46.0 Å². The number of nitrogens with two attached hydrogens (primary N) is 1. The predicted octanol–water partition coefficient (Wildman–Crippen LogP) is 4.26. The predicted molar refractivity (Wildman–Crippen MR) is 113 cm³/mol. The van der Waals surface area contributed by atoms with E-state index in [0.29, 0.717) is 23.4 Å². The minimum absolute atomic E-state index is 0.0499. The van der Waals surface area contributed by atoms with Gasteiger partial charge in [-0.1, -0.05) is 25.8 Å². The lowest BCUT2D eigenvalue weighted by molar-refractivity contribution is -0.116. The second kappa shape index (κ2) is 11.0. The molecule has 2 aromatic carbocycles. The van der Waals surface area contributed by atoms with Crippen LogP contribution in [-0.2, 0) is 4.79 Å². The topological polar surface area (TPSA) is 98.5 Å². The summed E-state index contributed by atoms with van der Waals surface area (Å²) in [7, 11) is 0. The first-order valence-corrected chi connectivity index (χ1v) is 9.87. The van der Waals surface area contributed by atoms with Gasteiger partial charge in [-0.05, 0) is 55.3 Å². The highest BCUT2D eigenvalue weighted by Crippen LogP contribution is 2.18. The van der Waals surface area contributed by atoms with Crippen LogP contribution in [-0.4, -0.2) is 24.2 Å². The number of rotatable bonds is 11. The molecule has 6 nitrogen and oxygen atoms in total. The van der Waals surface area contributed by atoms with Crippen molar-refractivity contribution in [3.63, 3.8) is 0 Å². The van der Waals surface area contributed by atoms with Crippen molar-refractivity contribution < 1.29 is 19.1 Å². The number of unbranched alkanes of at least 4 members (excludes halogenated alkanes) is 2. The Morgan fingerprint density at radius 1 is 0.966 bits per heavy atom. The fourth-order valence-electron chi connectivity index (χ4n) is 2.77. The van der Waals surface area contributed by atoms with Gasteiger partial charge in [-0.3, -0.25) is 14.4 Å². The number of hydrogen-bond donors (Lipinski definition) is 2. The average Bonchev–Trinajstić information content (AvgIpc) is 2.71. The zero-order chi connectivity index (χ0) is 21.2. The van der Waals surface area contributed by atoms with E-state index in [9.17, 15) is 14.4 Å². The molecule has 0 aliphatic rings. The third kappa shape index (κ3) is 7.07. The Balaban J connectivity index is 1.85. The molecular formula is C23H28N2O4. The number of carbonyl (C=O) groups is 3. The molecule has 2 amide bonds. The molecule has 0 spiro atoms. The van der Waals surface area contributed by atoms with Gasteiger partial charge >= 0.3 is 0 Å². The first kappa shape index (κ1) is 22.1. The molecule has 0 saturated heterocycles. The van der Waals surface area contributed by atoms with Crippen LogP contribution in [0.25, 0.3) is 0 Å². The largest absolute Gasteiger partial charge is 0.494 e. The maximum atomic E-state index is 12.3. The number of nitrogens with one attached hydrogen (secondary N) is 1. The Bertz CT molecular complexity index is 860. The van der Waals surface area contributed by atoms with Crippen molar-refractivity contribution in [1.82, 2.24) is 0 Å². The molecule has 0 unspecified atom stereocenters. The molecule has 0 fully saturated rings. The van der Waals surface area contributed by atoms with Gasteiger partial charge in [0, 0.05) is 29.7 Å². The Hall–Kier alpha value is -3.15. The number of benzene rings is 2. The van der Waals surface area contributed by atoms with Gasteiger partial charge in [-0.15, -0.1) is 0 Å². The first-order chi connectivity index (χ1) is 13.9. The van der Waals surface area contributed by atoms with Gasteiger partial charge in [0.2, 0.25) is 11.8 Å². The highest BCUT2D eigenvalue weighted by Gasteiger charge is 2.12. The number of Topliss-reactive ketones (excluding diaryl/α,β-unsaturated/α-hetero) is 1. The van der Waals surface area contributed by atoms with Gasteiger partial charge < -0.3 is 15.8 Å². The fraction of sp³-hybridized carbons (Fsp3) is 0.348. The van der Waals surface area contributed by atoms with Crippen molar-refractivity contribution in [3.8, 4) is 5.75 Å². The highest BCUT2D eigenvalue weighted by atomic mass is 16.5. The Labute approximate surface area is 171 Å². The third-order valence-corrected chi connectivity index (χ3v) is 4.57. The van der Waals surface area contributed by atoms with Crippen molar-refractivity contribution in [2.24, 2.45) is 5.73 Å². The highest BCUT2D eigenvalue weighted by molar-refractivity contribution is 6.01. The van der Waals surface area contributed by atoms with Crippen molar-refractivity contribution in [3.05, 3.63) is 59.2 Å². The number of primary amides is 1. The molecule has 0 saturated carbocycles. The van der Waals surface area contributed by atoms with E-state index < -0.39 is 5.91 Å². The van der Waals surface area contributed by atoms with Crippen LogP contribution in [0.15, 0.2) is 42.5 Å². The second-order valence-corrected chi connectivity index (χ2v) is 6.95. The molecule has 0 aliphatic carbocycles. The summed E-state index contributed by atoms with van der Waals surface area (Å²) in [5, 5.41) is 2.74. The summed E-state index contributed by atoms with van der Waals surface area (Å²) in [5.41, 5.74) is 7.46.